The number of para-hydroxylation sites is 1. The molecule has 2 heterocycles. The Balaban J connectivity index is 1.69. The second kappa shape index (κ2) is 5.92. The third-order valence-corrected chi connectivity index (χ3v) is 4.39. The van der Waals surface area contributed by atoms with Crippen LogP contribution in [0.25, 0.3) is 10.9 Å². The minimum atomic E-state index is -0.385. The fraction of sp³-hybridized carbons (Fsp3) is 0.250. The predicted molar refractivity (Wildman–Crippen MR) is 93.0 cm³/mol. The molecule has 3 rings (SSSR count). The van der Waals surface area contributed by atoms with Gasteiger partial charge < -0.3 is 0 Å². The number of anilines is 2. The molecule has 0 bridgehead atoms. The second-order valence-electron chi connectivity index (χ2n) is 6.13. The van der Waals surface area contributed by atoms with E-state index >= 15 is 0 Å². The van der Waals surface area contributed by atoms with Gasteiger partial charge in [0.05, 0.1) is 5.52 Å². The summed E-state index contributed by atoms with van der Waals surface area (Å²) in [4.78, 5) is 16.5. The molecule has 1 aromatic carbocycles. The maximum absolute atomic E-state index is 12.1. The van der Waals surface area contributed by atoms with E-state index in [-0.39, 0.29) is 11.4 Å². The zero-order chi connectivity index (χ0) is 16.4. The number of hydrogen-bond acceptors (Lipinski definition) is 5. The van der Waals surface area contributed by atoms with Gasteiger partial charge in [0.2, 0.25) is 5.13 Å². The maximum atomic E-state index is 12.1. The van der Waals surface area contributed by atoms with Crippen molar-refractivity contribution in [3.05, 3.63) is 41.4 Å². The fourth-order valence-electron chi connectivity index (χ4n) is 1.96. The molecule has 118 valence electrons. The Morgan fingerprint density at radius 1 is 1.04 bits per heavy atom. The SMILES string of the molecule is CC(C)(C)c1nnc(NC(=O)Nc2ccc3ccccc3n2)s1. The zero-order valence-electron chi connectivity index (χ0n) is 13.1. The van der Waals surface area contributed by atoms with E-state index in [9.17, 15) is 4.79 Å². The highest BCUT2D eigenvalue weighted by Gasteiger charge is 2.20. The number of carbonyl (C=O) groups is 1. The van der Waals surface area contributed by atoms with Crippen molar-refractivity contribution < 1.29 is 4.79 Å². The Morgan fingerprint density at radius 2 is 1.83 bits per heavy atom. The lowest BCUT2D eigenvalue weighted by molar-refractivity contribution is 0.262. The molecule has 2 aromatic heterocycles. The first-order chi connectivity index (χ1) is 10.9. The Kier molecular flexibility index (Phi) is 3.96. The normalized spacial score (nSPS) is 11.4. The van der Waals surface area contributed by atoms with Crippen molar-refractivity contribution in [2.75, 3.05) is 10.6 Å². The molecule has 0 fully saturated rings. The van der Waals surface area contributed by atoms with Crippen LogP contribution in [0.3, 0.4) is 0 Å². The summed E-state index contributed by atoms with van der Waals surface area (Å²) in [6.07, 6.45) is 0. The molecule has 2 N–H and O–H groups in total. The summed E-state index contributed by atoms with van der Waals surface area (Å²) >= 11 is 1.37. The van der Waals surface area contributed by atoms with Crippen LogP contribution in [0.15, 0.2) is 36.4 Å². The molecule has 23 heavy (non-hydrogen) atoms. The smallest absolute Gasteiger partial charge is 0.292 e. The Hall–Kier alpha value is -2.54. The number of hydrogen-bond donors (Lipinski definition) is 2. The first-order valence-electron chi connectivity index (χ1n) is 7.19. The zero-order valence-corrected chi connectivity index (χ0v) is 13.9. The first kappa shape index (κ1) is 15.4. The molecule has 0 aliphatic rings. The van der Waals surface area contributed by atoms with Crippen molar-refractivity contribution in [3.8, 4) is 0 Å². The second-order valence-corrected chi connectivity index (χ2v) is 7.11. The number of urea groups is 1. The molecule has 0 atom stereocenters. The summed E-state index contributed by atoms with van der Waals surface area (Å²) in [6, 6.07) is 11.0. The summed E-state index contributed by atoms with van der Waals surface area (Å²) in [7, 11) is 0. The van der Waals surface area contributed by atoms with E-state index < -0.39 is 0 Å². The molecule has 0 saturated heterocycles. The Morgan fingerprint density at radius 3 is 2.57 bits per heavy atom. The molecule has 0 aliphatic carbocycles. The molecule has 0 saturated carbocycles. The van der Waals surface area contributed by atoms with Gasteiger partial charge in [0.1, 0.15) is 10.8 Å². The van der Waals surface area contributed by atoms with E-state index in [2.05, 4.69) is 46.6 Å². The van der Waals surface area contributed by atoms with Crippen molar-refractivity contribution in [3.63, 3.8) is 0 Å². The van der Waals surface area contributed by atoms with E-state index in [4.69, 9.17) is 0 Å². The maximum Gasteiger partial charge on any atom is 0.326 e. The summed E-state index contributed by atoms with van der Waals surface area (Å²) in [5, 5.41) is 15.8. The van der Waals surface area contributed by atoms with Crippen LogP contribution in [0.5, 0.6) is 0 Å². The predicted octanol–water partition coefficient (Wildman–Crippen LogP) is 4.03. The summed E-state index contributed by atoms with van der Waals surface area (Å²) < 4.78 is 0. The van der Waals surface area contributed by atoms with Gasteiger partial charge in [0.25, 0.3) is 0 Å². The number of rotatable bonds is 2. The van der Waals surface area contributed by atoms with Gasteiger partial charge in [-0.05, 0) is 18.2 Å². The van der Waals surface area contributed by atoms with Gasteiger partial charge in [-0.25, -0.2) is 9.78 Å². The summed E-state index contributed by atoms with van der Waals surface area (Å²) in [5.74, 6) is 0.488. The molecule has 6 nitrogen and oxygen atoms in total. The molecule has 0 radical (unpaired) electrons. The number of nitrogens with one attached hydrogen (secondary N) is 2. The van der Waals surface area contributed by atoms with Gasteiger partial charge in [-0.2, -0.15) is 0 Å². The lowest BCUT2D eigenvalue weighted by atomic mass is 9.98. The molecular weight excluding hydrogens is 310 g/mol. The van der Waals surface area contributed by atoms with Gasteiger partial charge in [0.15, 0.2) is 0 Å². The fourth-order valence-corrected chi connectivity index (χ4v) is 2.75. The highest BCUT2D eigenvalue weighted by Crippen LogP contribution is 2.27. The van der Waals surface area contributed by atoms with E-state index in [1.54, 1.807) is 6.07 Å². The number of benzene rings is 1. The third kappa shape index (κ3) is 3.62. The molecule has 0 aliphatic heterocycles. The number of fused-ring (bicyclic) bond motifs is 1. The number of amides is 2. The van der Waals surface area contributed by atoms with Gasteiger partial charge in [0, 0.05) is 10.8 Å². The average Bonchev–Trinajstić information content (AvgIpc) is 2.95. The van der Waals surface area contributed by atoms with Crippen LogP contribution >= 0.6 is 11.3 Å². The van der Waals surface area contributed by atoms with E-state index in [0.717, 1.165) is 15.9 Å². The summed E-state index contributed by atoms with van der Waals surface area (Å²) in [6.45, 7) is 6.16. The molecule has 2 amide bonds. The molecular formula is C16H17N5OS. The quantitative estimate of drug-likeness (QED) is 0.745. The van der Waals surface area contributed by atoms with Gasteiger partial charge in [-0.3, -0.25) is 10.6 Å². The lowest BCUT2D eigenvalue weighted by Gasteiger charge is -2.12. The molecule has 0 unspecified atom stereocenters. The Bertz CT molecular complexity index is 853. The highest BCUT2D eigenvalue weighted by molar-refractivity contribution is 7.15. The van der Waals surface area contributed by atoms with Crippen molar-refractivity contribution in [2.24, 2.45) is 0 Å². The number of pyridine rings is 1. The van der Waals surface area contributed by atoms with Crippen LogP contribution in [-0.4, -0.2) is 21.2 Å². The largest absolute Gasteiger partial charge is 0.326 e. The topological polar surface area (TPSA) is 79.8 Å². The summed E-state index contributed by atoms with van der Waals surface area (Å²) in [5.41, 5.74) is 0.741. The van der Waals surface area contributed by atoms with E-state index in [1.165, 1.54) is 11.3 Å². The lowest BCUT2D eigenvalue weighted by Crippen LogP contribution is -2.20. The van der Waals surface area contributed by atoms with Crippen molar-refractivity contribution in [1.82, 2.24) is 15.2 Å². The molecule has 3 aromatic rings. The van der Waals surface area contributed by atoms with Gasteiger partial charge in [-0.1, -0.05) is 50.3 Å². The minimum Gasteiger partial charge on any atom is -0.292 e. The standard InChI is InChI=1S/C16H17N5OS/c1-16(2,3)13-20-21-15(23-13)19-14(22)18-12-9-8-10-6-4-5-7-11(10)17-12/h4-9H,1-3H3,(H2,17,18,19,21,22). The first-order valence-corrected chi connectivity index (χ1v) is 8.01. The highest BCUT2D eigenvalue weighted by atomic mass is 32.1. The van der Waals surface area contributed by atoms with Crippen molar-refractivity contribution in [1.29, 1.82) is 0 Å². The van der Waals surface area contributed by atoms with Crippen LogP contribution in [0.4, 0.5) is 15.7 Å². The van der Waals surface area contributed by atoms with E-state index in [1.807, 2.05) is 30.3 Å². The number of carbonyl (C=O) groups excluding carboxylic acids is 1. The molecule has 0 spiro atoms. The van der Waals surface area contributed by atoms with Crippen LogP contribution in [-0.2, 0) is 5.41 Å². The minimum absolute atomic E-state index is 0.0893. The van der Waals surface area contributed by atoms with Crippen LogP contribution in [0.1, 0.15) is 25.8 Å². The van der Waals surface area contributed by atoms with Crippen LogP contribution in [0, 0.1) is 0 Å². The monoisotopic (exact) mass is 327 g/mol. The van der Waals surface area contributed by atoms with Gasteiger partial charge in [-0.15, -0.1) is 10.2 Å². The average molecular weight is 327 g/mol. The Labute approximate surface area is 138 Å². The van der Waals surface area contributed by atoms with Crippen LogP contribution < -0.4 is 10.6 Å². The van der Waals surface area contributed by atoms with Crippen molar-refractivity contribution in [2.45, 2.75) is 26.2 Å². The third-order valence-electron chi connectivity index (χ3n) is 3.13. The van der Waals surface area contributed by atoms with E-state index in [0.29, 0.717) is 10.9 Å². The van der Waals surface area contributed by atoms with Crippen LogP contribution in [0.2, 0.25) is 0 Å². The molecule has 7 heteroatoms. The van der Waals surface area contributed by atoms with Crippen molar-refractivity contribution >= 4 is 39.2 Å². The number of aromatic nitrogens is 3. The van der Waals surface area contributed by atoms with Gasteiger partial charge >= 0.3 is 6.03 Å². The number of nitrogens with zero attached hydrogens (tertiary/aromatic N) is 3.